The minimum atomic E-state index is 0.929. The van der Waals surface area contributed by atoms with Crippen molar-refractivity contribution in [3.63, 3.8) is 0 Å². The molecule has 0 atom stereocenters. The molecule has 0 fully saturated rings. The van der Waals surface area contributed by atoms with Gasteiger partial charge in [-0.05, 0) is 30.0 Å². The van der Waals surface area contributed by atoms with E-state index in [-0.39, 0.29) is 0 Å². The summed E-state index contributed by atoms with van der Waals surface area (Å²) in [6, 6.07) is 0. The van der Waals surface area contributed by atoms with Gasteiger partial charge in [-0.25, -0.2) is 0 Å². The monoisotopic (exact) mass is 187 g/mol. The van der Waals surface area contributed by atoms with Gasteiger partial charge in [-0.15, -0.1) is 0 Å². The van der Waals surface area contributed by atoms with Crippen molar-refractivity contribution in [3.05, 3.63) is 23.8 Å². The van der Waals surface area contributed by atoms with Crippen LogP contribution in [0.3, 0.4) is 0 Å². The van der Waals surface area contributed by atoms with E-state index in [4.69, 9.17) is 0 Å². The lowest BCUT2D eigenvalue weighted by Crippen LogP contribution is -1.69. The van der Waals surface area contributed by atoms with Crippen molar-refractivity contribution in [1.29, 1.82) is 0 Å². The first-order valence-corrected chi connectivity index (χ1v) is 5.76. The minimum Gasteiger partial charge on any atom is -0.257 e. The molecule has 0 radical (unpaired) electrons. The van der Waals surface area contributed by atoms with Crippen molar-refractivity contribution in [2.24, 2.45) is 4.99 Å². The van der Waals surface area contributed by atoms with Crippen molar-refractivity contribution >= 4 is 28.3 Å². The van der Waals surface area contributed by atoms with E-state index < -0.39 is 0 Å². The molecule has 0 rings (SSSR count). The molecule has 62 valence electrons. The molecule has 0 unspecified atom stereocenters. The van der Waals surface area contributed by atoms with E-state index in [1.54, 1.807) is 27.7 Å². The first kappa shape index (κ1) is 10.8. The average Bonchev–Trinajstić information content (AvgIpc) is 2.03. The molecule has 0 bridgehead atoms. The Labute approximate surface area is 76.5 Å². The molecular weight excluding hydrogens is 174 g/mol. The minimum absolute atomic E-state index is 0.929. The maximum absolute atomic E-state index is 3.83. The Balaban J connectivity index is 3.60. The third-order valence-corrected chi connectivity index (χ3v) is 3.34. The average molecular weight is 187 g/mol. The molecule has 0 aromatic heterocycles. The van der Waals surface area contributed by atoms with Crippen molar-refractivity contribution in [2.45, 2.75) is 13.3 Å². The van der Waals surface area contributed by atoms with E-state index >= 15 is 0 Å². The van der Waals surface area contributed by atoms with Crippen LogP contribution in [0.4, 0.5) is 0 Å². The van der Waals surface area contributed by atoms with Crippen LogP contribution >= 0.6 is 21.6 Å². The van der Waals surface area contributed by atoms with Gasteiger partial charge in [0.25, 0.3) is 0 Å². The van der Waals surface area contributed by atoms with Crippen molar-refractivity contribution in [3.8, 4) is 0 Å². The molecule has 3 heteroatoms. The highest BCUT2D eigenvalue weighted by Crippen LogP contribution is 2.30. The standard InChI is InChI=1S/C8H13NS2/c1-4-6-8(9-3)11-10-7-5-2/h4,6H,1,3,5,7H2,2H3/b8-6+. The summed E-state index contributed by atoms with van der Waals surface area (Å²) in [5, 5.41) is 0.929. The summed E-state index contributed by atoms with van der Waals surface area (Å²) in [5.41, 5.74) is 0. The highest BCUT2D eigenvalue weighted by molar-refractivity contribution is 8.78. The molecule has 0 heterocycles. The van der Waals surface area contributed by atoms with Gasteiger partial charge in [0.15, 0.2) is 0 Å². The van der Waals surface area contributed by atoms with E-state index in [2.05, 4.69) is 25.2 Å². The van der Waals surface area contributed by atoms with E-state index in [9.17, 15) is 0 Å². The zero-order valence-corrected chi connectivity index (χ0v) is 8.38. The predicted octanol–water partition coefficient (Wildman–Crippen LogP) is 3.51. The fourth-order valence-corrected chi connectivity index (χ4v) is 2.41. The Bertz CT molecular complexity index is 152. The van der Waals surface area contributed by atoms with Gasteiger partial charge in [0.1, 0.15) is 5.03 Å². The highest BCUT2D eigenvalue weighted by Gasteiger charge is 1.92. The first-order valence-electron chi connectivity index (χ1n) is 3.44. The molecule has 0 amide bonds. The molecule has 1 nitrogen and oxygen atoms in total. The summed E-state index contributed by atoms with van der Waals surface area (Å²) in [6.45, 7) is 9.21. The van der Waals surface area contributed by atoms with Crippen LogP contribution in [0.5, 0.6) is 0 Å². The molecular formula is C8H13NS2. The van der Waals surface area contributed by atoms with E-state index in [1.165, 1.54) is 6.42 Å². The maximum Gasteiger partial charge on any atom is 0.106 e. The number of nitrogens with zero attached hydrogens (tertiary/aromatic N) is 1. The smallest absolute Gasteiger partial charge is 0.106 e. The van der Waals surface area contributed by atoms with Gasteiger partial charge in [-0.2, -0.15) is 0 Å². The summed E-state index contributed by atoms with van der Waals surface area (Å²) in [4.78, 5) is 3.83. The Hall–Kier alpha value is -0.150. The van der Waals surface area contributed by atoms with Crippen LogP contribution in [0.1, 0.15) is 13.3 Å². The second-order valence-corrected chi connectivity index (χ2v) is 4.24. The zero-order valence-electron chi connectivity index (χ0n) is 6.75. The normalized spacial score (nSPS) is 11.2. The van der Waals surface area contributed by atoms with E-state index in [0.717, 1.165) is 10.8 Å². The van der Waals surface area contributed by atoms with Crippen LogP contribution in [0.2, 0.25) is 0 Å². The fraction of sp³-hybridized carbons (Fsp3) is 0.375. The highest BCUT2D eigenvalue weighted by atomic mass is 33.1. The van der Waals surface area contributed by atoms with Gasteiger partial charge < -0.3 is 0 Å². The Morgan fingerprint density at radius 3 is 2.82 bits per heavy atom. The van der Waals surface area contributed by atoms with Crippen LogP contribution in [0.15, 0.2) is 28.8 Å². The van der Waals surface area contributed by atoms with Gasteiger partial charge in [0, 0.05) is 5.75 Å². The maximum atomic E-state index is 3.83. The molecule has 0 aromatic carbocycles. The van der Waals surface area contributed by atoms with Gasteiger partial charge >= 0.3 is 0 Å². The molecule has 0 spiro atoms. The lowest BCUT2D eigenvalue weighted by atomic mass is 10.6. The van der Waals surface area contributed by atoms with Crippen LogP contribution in [-0.4, -0.2) is 12.5 Å². The predicted molar refractivity (Wildman–Crippen MR) is 58.2 cm³/mol. The van der Waals surface area contributed by atoms with Gasteiger partial charge in [0.05, 0.1) is 0 Å². The second-order valence-electron chi connectivity index (χ2n) is 1.80. The van der Waals surface area contributed by atoms with Crippen LogP contribution < -0.4 is 0 Å². The number of rotatable bonds is 6. The zero-order chi connectivity index (χ0) is 8.53. The summed E-state index contributed by atoms with van der Waals surface area (Å²) >= 11 is 0. The van der Waals surface area contributed by atoms with Crippen molar-refractivity contribution < 1.29 is 0 Å². The molecule has 0 N–H and O–H groups in total. The summed E-state index contributed by atoms with van der Waals surface area (Å²) < 4.78 is 0. The second kappa shape index (κ2) is 7.95. The molecule has 0 aliphatic heterocycles. The molecule has 0 saturated heterocycles. The van der Waals surface area contributed by atoms with Gasteiger partial charge in [-0.1, -0.05) is 30.4 Å². The van der Waals surface area contributed by atoms with Crippen LogP contribution in [0, 0.1) is 0 Å². The van der Waals surface area contributed by atoms with Crippen molar-refractivity contribution in [1.82, 2.24) is 0 Å². The van der Waals surface area contributed by atoms with E-state index in [1.807, 2.05) is 6.08 Å². The Morgan fingerprint density at radius 2 is 2.36 bits per heavy atom. The van der Waals surface area contributed by atoms with Crippen molar-refractivity contribution in [2.75, 3.05) is 5.75 Å². The van der Waals surface area contributed by atoms with Gasteiger partial charge in [-0.3, -0.25) is 4.99 Å². The number of hydrogen-bond donors (Lipinski definition) is 0. The third kappa shape index (κ3) is 6.26. The Morgan fingerprint density at radius 1 is 1.64 bits per heavy atom. The molecule has 0 aliphatic carbocycles. The molecule has 11 heavy (non-hydrogen) atoms. The molecule has 0 aliphatic rings. The van der Waals surface area contributed by atoms with Crippen LogP contribution in [-0.2, 0) is 0 Å². The van der Waals surface area contributed by atoms with Crippen LogP contribution in [0.25, 0.3) is 0 Å². The lowest BCUT2D eigenvalue weighted by molar-refractivity contribution is 1.11. The SMILES string of the molecule is C=C/C=C(\N=C)SSCCC. The molecule has 0 saturated carbocycles. The summed E-state index contributed by atoms with van der Waals surface area (Å²) in [6.07, 6.45) is 4.78. The number of aliphatic imine (C=N–C) groups is 1. The summed E-state index contributed by atoms with van der Waals surface area (Å²) in [7, 11) is 3.44. The summed E-state index contributed by atoms with van der Waals surface area (Å²) in [5.74, 6) is 1.15. The van der Waals surface area contributed by atoms with E-state index in [0.29, 0.717) is 0 Å². The lowest BCUT2D eigenvalue weighted by Gasteiger charge is -1.96. The number of allylic oxidation sites excluding steroid dienone is 2. The number of hydrogen-bond acceptors (Lipinski definition) is 3. The topological polar surface area (TPSA) is 12.4 Å². The third-order valence-electron chi connectivity index (χ3n) is 0.848. The van der Waals surface area contributed by atoms with Gasteiger partial charge in [0.2, 0.25) is 0 Å². The first-order chi connectivity index (χ1) is 5.35. The quantitative estimate of drug-likeness (QED) is 0.273. The largest absolute Gasteiger partial charge is 0.257 e. The fourth-order valence-electron chi connectivity index (χ4n) is 0.393. The Kier molecular flexibility index (Phi) is 7.84. The molecule has 0 aromatic rings.